The number of ketones is 2. The van der Waals surface area contributed by atoms with E-state index in [9.17, 15) is 24.0 Å². The number of thioether (sulfide) groups is 2. The van der Waals surface area contributed by atoms with Crippen LogP contribution >= 0.6 is 81.8 Å². The molecular formula is C57H54ClN8NaO10S6. The van der Waals surface area contributed by atoms with E-state index in [0.29, 0.717) is 75.5 Å². The van der Waals surface area contributed by atoms with Crippen LogP contribution in [0.5, 0.6) is 5.75 Å². The number of methoxy groups -OCH3 is 1. The number of Topliss-reactive ketones (excluding diaryl/α,β-unsaturated/α-hetero) is 2. The fourth-order valence-corrected chi connectivity index (χ4v) is 11.9. The number of hydrogen-bond acceptors (Lipinski definition) is 21. The van der Waals surface area contributed by atoms with Gasteiger partial charge in [0.1, 0.15) is 39.9 Å². The number of nitrogens with two attached hydrogens (primary N) is 1. The summed E-state index contributed by atoms with van der Waals surface area (Å²) in [5, 5.41) is 36.5. The van der Waals surface area contributed by atoms with Crippen molar-refractivity contribution in [2.75, 3.05) is 35.4 Å². The molecule has 0 fully saturated rings. The van der Waals surface area contributed by atoms with Crippen molar-refractivity contribution in [3.05, 3.63) is 183 Å². The number of aliphatic hydroxyl groups excluding tert-OH is 1. The molecule has 0 saturated carbocycles. The molecule has 0 bridgehead atoms. The van der Waals surface area contributed by atoms with Crippen molar-refractivity contribution >= 4 is 153 Å². The quantitative estimate of drug-likeness (QED) is 0.0110. The second-order valence-electron chi connectivity index (χ2n) is 16.6. The molecule has 0 aliphatic rings. The first-order valence-corrected chi connectivity index (χ1v) is 30.0. The van der Waals surface area contributed by atoms with E-state index in [1.54, 1.807) is 76.7 Å². The molecule has 10 rings (SSSR count). The van der Waals surface area contributed by atoms with Gasteiger partial charge in [0.15, 0.2) is 11.6 Å². The van der Waals surface area contributed by atoms with Crippen LogP contribution in [0.15, 0.2) is 160 Å². The van der Waals surface area contributed by atoms with Crippen molar-refractivity contribution in [1.82, 2.24) is 29.9 Å². The first kappa shape index (κ1) is 69.1. The van der Waals surface area contributed by atoms with Gasteiger partial charge in [-0.1, -0.05) is 84.4 Å². The first-order chi connectivity index (χ1) is 39.3. The van der Waals surface area contributed by atoms with E-state index >= 15 is 0 Å². The number of thiol groups is 1. The summed E-state index contributed by atoms with van der Waals surface area (Å²) in [6.45, 7) is -0.112. The van der Waals surface area contributed by atoms with Crippen LogP contribution < -0.4 is 45.3 Å². The Labute approximate surface area is 530 Å². The Morgan fingerprint density at radius 1 is 0.627 bits per heavy atom. The van der Waals surface area contributed by atoms with Crippen LogP contribution in [-0.4, -0.2) is 104 Å². The van der Waals surface area contributed by atoms with Gasteiger partial charge in [0.25, 0.3) is 0 Å². The Balaban J connectivity index is 0.000000246. The minimum atomic E-state index is -0.787. The van der Waals surface area contributed by atoms with Crippen LogP contribution in [-0.2, 0) is 33.8 Å². The van der Waals surface area contributed by atoms with Crippen molar-refractivity contribution in [3.8, 4) is 5.75 Å². The molecule has 6 aromatic heterocycles. The van der Waals surface area contributed by atoms with Crippen molar-refractivity contribution in [2.45, 2.75) is 48.8 Å². The number of nitrogens with one attached hydrogen (secondary N) is 1. The standard InChI is InChI=1S/C24H21N3O3S2.C15H15NO2.C9H8N2O2S2.C6H3ClN2S.C3H6O2S.Na.H2O/c1-30-21-8-7-17(20(28)13-16-5-3-2-4-6-16)14-19(21)27-22(29)10-12-32-24-23-18(9-11-31-23)25-15-26-24;16-14-9-12(6-7-13(14)10-17)15(18)8-11-4-2-1-3-5-11;12-7(13)2-4-15-9-8-6(1-3-14-8)10-5-11-9;7-6-5-4(1-2-10-5)8-3-9-6;4-3(5)1-2-6;;/h2-9,11,14-15H,10,12-13H2,1H3,(H,27,29);1-7,9,17H,8,10,16H2;1,3,5H,2,4H2,(H,12,13);1-3H;6H,1-2H2,(H,4,5);;1H2/q;;;;;+1;/p-1. The number of carboxylic acid groups (broad SMARTS) is 2. The Hall–Kier alpha value is -6.39. The number of carbonyl (C=O) groups is 5. The van der Waals surface area contributed by atoms with E-state index in [4.69, 9.17) is 37.4 Å². The molecule has 7 N–H and O–H groups in total. The monoisotopic (exact) mass is 1260 g/mol. The molecule has 4 aromatic carbocycles. The largest absolute Gasteiger partial charge is 1.00 e. The molecule has 10 aromatic rings. The summed E-state index contributed by atoms with van der Waals surface area (Å²) in [5.41, 5.74) is 13.1. The number of anilines is 2. The molecule has 1 amide bonds. The second-order valence-corrected chi connectivity index (χ2v) is 22.3. The molecule has 0 atom stereocenters. The summed E-state index contributed by atoms with van der Waals surface area (Å²) in [6.07, 6.45) is 5.79. The van der Waals surface area contributed by atoms with E-state index in [1.165, 1.54) is 43.3 Å². The number of amides is 1. The SMILES string of the molecule is COc1ccc(C(=O)Cc2ccccc2)cc1NC(=O)CCSc1ncnc2ccsc12.Clc1ncnc2ccsc12.Nc1cc(C(=O)Cc2ccccc2)ccc1CO.O=C(O)CCS.O=C(O)CCSc1ncnc2ccsc12.[Na+].[OH-]. The van der Waals surface area contributed by atoms with Crippen molar-refractivity contribution in [3.63, 3.8) is 0 Å². The molecule has 0 aliphatic heterocycles. The molecule has 0 radical (unpaired) electrons. The topological polar surface area (TPSA) is 301 Å². The number of thiophene rings is 3. The molecule has 426 valence electrons. The van der Waals surface area contributed by atoms with Gasteiger partial charge < -0.3 is 36.6 Å². The number of aromatic nitrogens is 6. The van der Waals surface area contributed by atoms with Crippen molar-refractivity contribution in [2.24, 2.45) is 0 Å². The summed E-state index contributed by atoms with van der Waals surface area (Å²) < 4.78 is 8.39. The molecule has 0 spiro atoms. The van der Waals surface area contributed by atoms with Gasteiger partial charge in [-0.3, -0.25) is 24.0 Å². The molecular weight excluding hydrogens is 1210 g/mol. The first-order valence-electron chi connectivity index (χ1n) is 24.4. The van der Waals surface area contributed by atoms with Crippen LogP contribution in [0.1, 0.15) is 56.7 Å². The van der Waals surface area contributed by atoms with Crippen LogP contribution in [0.2, 0.25) is 5.15 Å². The third-order valence-corrected chi connectivity index (χ3v) is 16.5. The number of aliphatic carboxylic acids is 2. The average molecular weight is 1260 g/mol. The normalized spacial score (nSPS) is 10.2. The molecule has 83 heavy (non-hydrogen) atoms. The summed E-state index contributed by atoms with van der Waals surface area (Å²) in [7, 11) is 1.54. The van der Waals surface area contributed by atoms with Gasteiger partial charge in [-0.15, -0.1) is 57.5 Å². The smallest absolute Gasteiger partial charge is 0.870 e. The number of halogens is 1. The zero-order valence-corrected chi connectivity index (χ0v) is 52.4. The van der Waals surface area contributed by atoms with E-state index < -0.39 is 11.9 Å². The zero-order valence-electron chi connectivity index (χ0n) is 44.7. The van der Waals surface area contributed by atoms with Crippen molar-refractivity contribution < 1.29 is 79.1 Å². The van der Waals surface area contributed by atoms with E-state index in [2.05, 4.69) is 47.8 Å². The predicted octanol–water partition coefficient (Wildman–Crippen LogP) is 9.25. The van der Waals surface area contributed by atoms with Gasteiger partial charge in [0.2, 0.25) is 5.91 Å². The minimum absolute atomic E-state index is 0. The van der Waals surface area contributed by atoms with Gasteiger partial charge in [0, 0.05) is 58.9 Å². The number of carboxylic acids is 2. The molecule has 6 heterocycles. The maximum atomic E-state index is 12.7. The van der Waals surface area contributed by atoms with Gasteiger partial charge >= 0.3 is 41.5 Å². The van der Waals surface area contributed by atoms with E-state index in [-0.39, 0.29) is 72.0 Å². The van der Waals surface area contributed by atoms with Crippen LogP contribution in [0.25, 0.3) is 30.6 Å². The van der Waals surface area contributed by atoms with Gasteiger partial charge in [0.05, 0.1) is 62.9 Å². The van der Waals surface area contributed by atoms with Gasteiger partial charge in [-0.2, -0.15) is 12.6 Å². The number of benzene rings is 4. The number of fused-ring (bicyclic) bond motifs is 3. The third-order valence-electron chi connectivity index (χ3n) is 10.9. The Bertz CT molecular complexity index is 3680. The third kappa shape index (κ3) is 22.6. The molecule has 0 unspecified atom stereocenters. The average Bonchev–Trinajstić information content (AvgIpc) is 4.36. The minimum Gasteiger partial charge on any atom is -0.870 e. The van der Waals surface area contributed by atoms with Gasteiger partial charge in [-0.05, 0) is 69.7 Å². The van der Waals surface area contributed by atoms with E-state index in [0.717, 1.165) is 51.8 Å². The molecule has 18 nitrogen and oxygen atoms in total. The number of hydrogen-bond donors (Lipinski definition) is 6. The van der Waals surface area contributed by atoms with Crippen LogP contribution in [0.4, 0.5) is 11.4 Å². The summed E-state index contributed by atoms with van der Waals surface area (Å²) >= 11 is 17.2. The zero-order chi connectivity index (χ0) is 57.9. The maximum absolute atomic E-state index is 12.7. The van der Waals surface area contributed by atoms with Crippen LogP contribution in [0.3, 0.4) is 0 Å². The fourth-order valence-electron chi connectivity index (χ4n) is 6.94. The number of carbonyl (C=O) groups excluding carboxylic acids is 3. The van der Waals surface area contributed by atoms with Crippen LogP contribution in [0, 0.1) is 0 Å². The Kier molecular flexibility index (Phi) is 30.8. The number of aliphatic hydroxyl groups is 1. The number of rotatable bonds is 19. The molecule has 0 aliphatic carbocycles. The Morgan fingerprint density at radius 2 is 1.10 bits per heavy atom. The second kappa shape index (κ2) is 37.0. The number of ether oxygens (including phenoxy) is 1. The summed E-state index contributed by atoms with van der Waals surface area (Å²) in [4.78, 5) is 81.9. The number of nitrogen functional groups attached to an aromatic ring is 1. The van der Waals surface area contributed by atoms with Crippen molar-refractivity contribution in [1.29, 1.82) is 0 Å². The molecule has 26 heteroatoms. The van der Waals surface area contributed by atoms with Gasteiger partial charge in [-0.25, -0.2) is 29.9 Å². The molecule has 0 saturated heterocycles. The summed E-state index contributed by atoms with van der Waals surface area (Å²) in [5.74, 6) is 0.340. The summed E-state index contributed by atoms with van der Waals surface area (Å²) in [6, 6.07) is 35.1. The fraction of sp³-hybridized carbons (Fsp3) is 0.175. The predicted molar refractivity (Wildman–Crippen MR) is 331 cm³/mol. The number of nitrogens with zero attached hydrogens (tertiary/aromatic N) is 6. The Morgan fingerprint density at radius 3 is 1.55 bits per heavy atom. The maximum Gasteiger partial charge on any atom is 1.00 e. The van der Waals surface area contributed by atoms with E-state index in [1.807, 2.05) is 95.0 Å².